The molecule has 0 spiro atoms. The number of rotatable bonds is 7. The van der Waals surface area contributed by atoms with Crippen LogP contribution < -0.4 is 9.80 Å². The summed E-state index contributed by atoms with van der Waals surface area (Å²) in [5.41, 5.74) is 14.9. The molecule has 2 heteroatoms. The van der Waals surface area contributed by atoms with Crippen LogP contribution in [-0.4, -0.2) is 6.04 Å². The van der Waals surface area contributed by atoms with Gasteiger partial charge < -0.3 is 9.80 Å². The maximum absolute atomic E-state index is 2.70. The zero-order chi connectivity index (χ0) is 33.3. The molecular formula is C48H44N2. The van der Waals surface area contributed by atoms with Crippen LogP contribution in [0.1, 0.15) is 73.5 Å². The Morgan fingerprint density at radius 2 is 1.46 bits per heavy atom. The van der Waals surface area contributed by atoms with E-state index in [-0.39, 0.29) is 0 Å². The quantitative estimate of drug-likeness (QED) is 0.184. The van der Waals surface area contributed by atoms with E-state index >= 15 is 0 Å². The standard InChI is InChI=1S/C48H44N2/c1-5-13-35(14-6-1)36-21-23-37(24-22-36)38-25-27-39(28-26-38)40-29-32-47-46(33-40)45-31-30-44(34-48(45)50(47)43-19-11-4-12-20-43)49(41-15-7-2-8-16-41)42-17-9-3-10-18-42/h1-5,7-11,13,15-18,21-23,25-32,34,37,43,46H,6,12,14,19-20,24,33H2. The van der Waals surface area contributed by atoms with E-state index in [2.05, 4.69) is 174 Å². The molecule has 0 amide bonds. The Morgan fingerprint density at radius 1 is 0.660 bits per heavy atom. The molecule has 4 aromatic rings. The Morgan fingerprint density at radius 3 is 2.14 bits per heavy atom. The van der Waals surface area contributed by atoms with Crippen LogP contribution in [0.15, 0.2) is 181 Å². The first-order valence-corrected chi connectivity index (χ1v) is 18.5. The van der Waals surface area contributed by atoms with Gasteiger partial charge in [-0.1, -0.05) is 121 Å². The number of allylic oxidation sites excluding steroid dienone is 13. The maximum Gasteiger partial charge on any atom is 0.0482 e. The van der Waals surface area contributed by atoms with Crippen LogP contribution in [0.3, 0.4) is 0 Å². The van der Waals surface area contributed by atoms with E-state index in [1.54, 1.807) is 0 Å². The van der Waals surface area contributed by atoms with E-state index in [0.29, 0.717) is 17.9 Å². The number of para-hydroxylation sites is 2. The molecular weight excluding hydrogens is 605 g/mol. The average Bonchev–Trinajstić information content (AvgIpc) is 3.53. The monoisotopic (exact) mass is 648 g/mol. The highest BCUT2D eigenvalue weighted by Crippen LogP contribution is 2.53. The third kappa shape index (κ3) is 5.83. The SMILES string of the molecule is C1=CCCC(C2=CCC(c3ccc(C4=CC=C5C(C4)c4ccc(N(c6ccccc6)c6ccccc6)cc4N5C4CC=CCC4)cc3)C=C2)=C1. The molecule has 0 N–H and O–H groups in total. The van der Waals surface area contributed by atoms with Gasteiger partial charge in [-0.3, -0.25) is 0 Å². The lowest BCUT2D eigenvalue weighted by molar-refractivity contribution is 0.571. The molecule has 0 fully saturated rings. The topological polar surface area (TPSA) is 6.48 Å². The fourth-order valence-corrected chi connectivity index (χ4v) is 8.65. The van der Waals surface area contributed by atoms with Crippen molar-refractivity contribution in [1.82, 2.24) is 0 Å². The lowest BCUT2D eigenvalue weighted by Crippen LogP contribution is -2.34. The van der Waals surface area contributed by atoms with Gasteiger partial charge in [-0.05, 0) is 121 Å². The van der Waals surface area contributed by atoms with Crippen molar-refractivity contribution in [3.63, 3.8) is 0 Å². The average molecular weight is 649 g/mol. The van der Waals surface area contributed by atoms with Gasteiger partial charge in [0.15, 0.2) is 0 Å². The summed E-state index contributed by atoms with van der Waals surface area (Å²) in [6, 6.07) is 38.7. The van der Waals surface area contributed by atoms with E-state index in [1.165, 1.54) is 68.3 Å². The molecule has 0 saturated carbocycles. The molecule has 0 bridgehead atoms. The van der Waals surface area contributed by atoms with Gasteiger partial charge in [-0.15, -0.1) is 0 Å². The third-order valence-electron chi connectivity index (χ3n) is 11.3. The summed E-state index contributed by atoms with van der Waals surface area (Å²) in [4.78, 5) is 5.10. The number of nitrogens with zero attached hydrogens (tertiary/aromatic N) is 2. The van der Waals surface area contributed by atoms with E-state index in [4.69, 9.17) is 0 Å². The van der Waals surface area contributed by atoms with Gasteiger partial charge >= 0.3 is 0 Å². The normalized spacial score (nSPS) is 22.2. The van der Waals surface area contributed by atoms with Gasteiger partial charge in [-0.2, -0.15) is 0 Å². The minimum atomic E-state index is 0.361. The van der Waals surface area contributed by atoms with Crippen molar-refractivity contribution in [2.24, 2.45) is 0 Å². The smallest absolute Gasteiger partial charge is 0.0482 e. The summed E-state index contributed by atoms with van der Waals surface area (Å²) in [6.45, 7) is 0. The Hall–Kier alpha value is -5.34. The maximum atomic E-state index is 2.70. The Bertz CT molecular complexity index is 2050. The molecule has 3 atom stereocenters. The first kappa shape index (κ1) is 30.7. The second-order valence-electron chi connectivity index (χ2n) is 14.2. The summed E-state index contributed by atoms with van der Waals surface area (Å²) in [5, 5.41) is 0. The molecule has 1 aliphatic heterocycles. The van der Waals surface area contributed by atoms with Gasteiger partial charge in [-0.25, -0.2) is 0 Å². The van der Waals surface area contributed by atoms with Crippen LogP contribution in [0.25, 0.3) is 5.57 Å². The van der Waals surface area contributed by atoms with Gasteiger partial charge in [0.2, 0.25) is 0 Å². The van der Waals surface area contributed by atoms with E-state index in [9.17, 15) is 0 Å². The van der Waals surface area contributed by atoms with Gasteiger partial charge in [0.05, 0.1) is 0 Å². The van der Waals surface area contributed by atoms with Gasteiger partial charge in [0.25, 0.3) is 0 Å². The fourth-order valence-electron chi connectivity index (χ4n) is 8.65. The van der Waals surface area contributed by atoms with Crippen molar-refractivity contribution in [2.75, 3.05) is 9.80 Å². The van der Waals surface area contributed by atoms with Crippen LogP contribution in [0.2, 0.25) is 0 Å². The van der Waals surface area contributed by atoms with Crippen LogP contribution in [0.5, 0.6) is 0 Å². The van der Waals surface area contributed by atoms with Crippen LogP contribution in [-0.2, 0) is 0 Å². The van der Waals surface area contributed by atoms with E-state index in [1.807, 2.05) is 0 Å². The van der Waals surface area contributed by atoms with Crippen molar-refractivity contribution in [1.29, 1.82) is 0 Å². The summed E-state index contributed by atoms with van der Waals surface area (Å²) < 4.78 is 0. The number of hydrogen-bond acceptors (Lipinski definition) is 2. The van der Waals surface area contributed by atoms with Crippen molar-refractivity contribution in [3.8, 4) is 0 Å². The van der Waals surface area contributed by atoms with Crippen molar-refractivity contribution in [3.05, 3.63) is 197 Å². The highest BCUT2D eigenvalue weighted by Gasteiger charge is 2.39. The second kappa shape index (κ2) is 13.5. The summed E-state index contributed by atoms with van der Waals surface area (Å²) in [5.74, 6) is 0.806. The molecule has 0 radical (unpaired) electrons. The molecule has 2 nitrogen and oxygen atoms in total. The molecule has 0 saturated heterocycles. The minimum absolute atomic E-state index is 0.361. The minimum Gasteiger partial charge on any atom is -0.341 e. The molecule has 4 aromatic carbocycles. The molecule has 9 rings (SSSR count). The first-order chi connectivity index (χ1) is 24.8. The molecule has 50 heavy (non-hydrogen) atoms. The largest absolute Gasteiger partial charge is 0.341 e. The van der Waals surface area contributed by atoms with Crippen molar-refractivity contribution >= 4 is 28.3 Å². The Balaban J connectivity index is 1.01. The van der Waals surface area contributed by atoms with Crippen molar-refractivity contribution < 1.29 is 0 Å². The molecule has 246 valence electrons. The molecule has 3 unspecified atom stereocenters. The summed E-state index contributed by atoms with van der Waals surface area (Å²) >= 11 is 0. The predicted molar refractivity (Wildman–Crippen MR) is 211 cm³/mol. The second-order valence-corrected chi connectivity index (χ2v) is 14.2. The van der Waals surface area contributed by atoms with E-state index < -0.39 is 0 Å². The molecule has 5 aliphatic rings. The zero-order valence-electron chi connectivity index (χ0n) is 28.7. The number of anilines is 4. The predicted octanol–water partition coefficient (Wildman–Crippen LogP) is 12.8. The third-order valence-corrected chi connectivity index (χ3v) is 11.3. The molecule has 4 aliphatic carbocycles. The Kier molecular flexibility index (Phi) is 8.30. The van der Waals surface area contributed by atoms with Crippen LogP contribution in [0, 0.1) is 0 Å². The number of hydrogen-bond donors (Lipinski definition) is 0. The van der Waals surface area contributed by atoms with Crippen molar-refractivity contribution in [2.45, 2.75) is 62.8 Å². The molecule has 1 heterocycles. The molecule has 0 aromatic heterocycles. The zero-order valence-corrected chi connectivity index (χ0v) is 28.7. The van der Waals surface area contributed by atoms with Crippen LogP contribution >= 0.6 is 0 Å². The summed E-state index contributed by atoms with van der Waals surface area (Å²) in [6.07, 6.45) is 31.3. The lowest BCUT2D eigenvalue weighted by atomic mass is 9.83. The highest BCUT2D eigenvalue weighted by molar-refractivity contribution is 5.84. The summed E-state index contributed by atoms with van der Waals surface area (Å²) in [7, 11) is 0. The Labute approximate surface area is 297 Å². The first-order valence-electron chi connectivity index (χ1n) is 18.5. The van der Waals surface area contributed by atoms with E-state index in [0.717, 1.165) is 38.5 Å². The fraction of sp³-hybridized carbons (Fsp3) is 0.208. The highest BCUT2D eigenvalue weighted by atomic mass is 15.2. The lowest BCUT2D eigenvalue weighted by Gasteiger charge is -2.35. The van der Waals surface area contributed by atoms with Gasteiger partial charge in [0.1, 0.15) is 0 Å². The van der Waals surface area contributed by atoms with Crippen LogP contribution in [0.4, 0.5) is 22.7 Å². The number of fused-ring (bicyclic) bond motifs is 3. The van der Waals surface area contributed by atoms with Gasteiger partial charge in [0, 0.05) is 46.3 Å². The number of benzene rings is 4.